The molecule has 0 saturated carbocycles. The first kappa shape index (κ1) is 16.5. The summed E-state index contributed by atoms with van der Waals surface area (Å²) < 4.78 is 21.8. The van der Waals surface area contributed by atoms with Crippen molar-refractivity contribution < 1.29 is 23.7 Å². The van der Waals surface area contributed by atoms with Crippen LogP contribution in [-0.4, -0.2) is 26.9 Å². The molecule has 7 nitrogen and oxygen atoms in total. The van der Waals surface area contributed by atoms with Crippen molar-refractivity contribution in [2.45, 2.75) is 19.8 Å². The molecule has 1 aliphatic rings. The van der Waals surface area contributed by atoms with Gasteiger partial charge in [-0.1, -0.05) is 13.3 Å². The lowest BCUT2D eigenvalue weighted by atomic mass is 9.97. The van der Waals surface area contributed by atoms with Crippen molar-refractivity contribution in [2.24, 2.45) is 5.73 Å². The lowest BCUT2D eigenvalue weighted by Gasteiger charge is -2.18. The summed E-state index contributed by atoms with van der Waals surface area (Å²) in [5, 5.41) is 9.11. The zero-order valence-electron chi connectivity index (χ0n) is 13.3. The Morgan fingerprint density at radius 3 is 2.39 bits per heavy atom. The van der Waals surface area contributed by atoms with Gasteiger partial charge in [0.25, 0.3) is 5.91 Å². The maximum Gasteiger partial charge on any atom is 0.259 e. The van der Waals surface area contributed by atoms with Crippen molar-refractivity contribution >= 4 is 12.0 Å². The minimum absolute atomic E-state index is 0.0434. The minimum atomic E-state index is -0.811. The van der Waals surface area contributed by atoms with Gasteiger partial charge in [-0.05, 0) is 12.5 Å². The fourth-order valence-corrected chi connectivity index (χ4v) is 2.51. The Morgan fingerprint density at radius 2 is 1.91 bits per heavy atom. The van der Waals surface area contributed by atoms with Gasteiger partial charge in [0.2, 0.25) is 18.3 Å². The summed E-state index contributed by atoms with van der Waals surface area (Å²) >= 11 is 0. The van der Waals surface area contributed by atoms with Crippen LogP contribution in [0.3, 0.4) is 0 Å². The summed E-state index contributed by atoms with van der Waals surface area (Å²) in [6.07, 6.45) is 2.86. The highest BCUT2D eigenvalue weighted by Gasteiger charge is 2.30. The van der Waals surface area contributed by atoms with Crippen LogP contribution in [0.5, 0.6) is 23.0 Å². The Labute approximate surface area is 134 Å². The van der Waals surface area contributed by atoms with Crippen LogP contribution in [0, 0.1) is 11.3 Å². The Morgan fingerprint density at radius 1 is 1.30 bits per heavy atom. The van der Waals surface area contributed by atoms with Gasteiger partial charge >= 0.3 is 0 Å². The van der Waals surface area contributed by atoms with Gasteiger partial charge in [-0.2, -0.15) is 5.26 Å². The van der Waals surface area contributed by atoms with E-state index >= 15 is 0 Å². The second-order valence-corrected chi connectivity index (χ2v) is 4.81. The maximum absolute atomic E-state index is 11.4. The van der Waals surface area contributed by atoms with E-state index in [1.807, 2.05) is 6.92 Å². The van der Waals surface area contributed by atoms with Crippen LogP contribution < -0.4 is 24.7 Å². The molecule has 0 spiro atoms. The molecule has 0 bridgehead atoms. The summed E-state index contributed by atoms with van der Waals surface area (Å²) in [6.45, 7) is 2.05. The largest absolute Gasteiger partial charge is 0.492 e. The number of methoxy groups -OCH3 is 2. The van der Waals surface area contributed by atoms with Crippen molar-refractivity contribution in [1.29, 1.82) is 5.26 Å². The van der Waals surface area contributed by atoms with E-state index in [1.54, 1.807) is 6.07 Å². The highest BCUT2D eigenvalue weighted by Crippen LogP contribution is 2.52. The third-order valence-corrected chi connectivity index (χ3v) is 3.45. The number of hydrogen-bond acceptors (Lipinski definition) is 6. The van der Waals surface area contributed by atoms with Crippen LogP contribution in [0.4, 0.5) is 0 Å². The number of nitrogens with two attached hydrogens (primary N) is 1. The smallest absolute Gasteiger partial charge is 0.259 e. The van der Waals surface area contributed by atoms with Gasteiger partial charge in [0.1, 0.15) is 11.6 Å². The summed E-state index contributed by atoms with van der Waals surface area (Å²) in [6, 6.07) is 1.79. The van der Waals surface area contributed by atoms with E-state index in [0.29, 0.717) is 35.0 Å². The number of amides is 1. The number of ether oxygens (including phenoxy) is 4. The lowest BCUT2D eigenvalue weighted by molar-refractivity contribution is -0.114. The highest BCUT2D eigenvalue weighted by molar-refractivity contribution is 6.01. The first-order valence-corrected chi connectivity index (χ1v) is 7.06. The zero-order valence-corrected chi connectivity index (χ0v) is 13.3. The first-order chi connectivity index (χ1) is 11.1. The van der Waals surface area contributed by atoms with Gasteiger partial charge in [-0.3, -0.25) is 4.79 Å². The zero-order chi connectivity index (χ0) is 17.0. The molecule has 0 fully saturated rings. The Bertz CT molecular complexity index is 704. The van der Waals surface area contributed by atoms with E-state index in [1.165, 1.54) is 20.3 Å². The SMILES string of the molecule is CCCc1c(C=C(C#N)C(N)=O)c(OC)c2c(c1OC)OCO2. The maximum atomic E-state index is 11.4. The predicted octanol–water partition coefficient (Wildman–Crippen LogP) is 1.78. The molecule has 1 amide bonds. The molecule has 0 aliphatic carbocycles. The third kappa shape index (κ3) is 2.88. The van der Waals surface area contributed by atoms with Gasteiger partial charge in [0.15, 0.2) is 11.5 Å². The van der Waals surface area contributed by atoms with Crippen molar-refractivity contribution in [3.8, 4) is 29.1 Å². The fourth-order valence-electron chi connectivity index (χ4n) is 2.51. The second kappa shape index (κ2) is 6.92. The summed E-state index contributed by atoms with van der Waals surface area (Å²) in [5.74, 6) is 0.928. The van der Waals surface area contributed by atoms with E-state index < -0.39 is 5.91 Å². The van der Waals surface area contributed by atoms with Gasteiger partial charge in [0.05, 0.1) is 14.2 Å². The first-order valence-electron chi connectivity index (χ1n) is 7.06. The number of benzene rings is 1. The molecule has 1 aliphatic heterocycles. The van der Waals surface area contributed by atoms with E-state index in [4.69, 9.17) is 29.9 Å². The standard InChI is InChI=1S/C16H18N2O5/c1-4-5-10-11(6-9(7-17)16(18)19)13(21-3)15-14(12(10)20-2)22-8-23-15/h6H,4-5,8H2,1-3H3,(H2,18,19). The average Bonchev–Trinajstić information content (AvgIpc) is 3.01. The molecule has 0 atom stereocenters. The minimum Gasteiger partial charge on any atom is -0.492 e. The number of nitriles is 1. The van der Waals surface area contributed by atoms with E-state index in [-0.39, 0.29) is 12.4 Å². The second-order valence-electron chi connectivity index (χ2n) is 4.81. The normalized spacial score (nSPS) is 12.7. The molecular weight excluding hydrogens is 300 g/mol. The molecule has 0 saturated heterocycles. The number of carbonyl (C=O) groups is 1. The van der Waals surface area contributed by atoms with Crippen molar-refractivity contribution in [3.05, 3.63) is 16.7 Å². The molecule has 1 aromatic rings. The molecule has 0 radical (unpaired) electrons. The van der Waals surface area contributed by atoms with Gasteiger partial charge in [-0.15, -0.1) is 0 Å². The molecule has 1 aromatic carbocycles. The molecule has 0 unspecified atom stereocenters. The average molecular weight is 318 g/mol. The van der Waals surface area contributed by atoms with E-state index in [9.17, 15) is 4.79 Å². The molecule has 1 heterocycles. The lowest BCUT2D eigenvalue weighted by Crippen LogP contribution is -2.13. The van der Waals surface area contributed by atoms with E-state index in [2.05, 4.69) is 0 Å². The summed E-state index contributed by atoms with van der Waals surface area (Å²) in [7, 11) is 3.00. The number of rotatable bonds is 6. The van der Waals surface area contributed by atoms with Crippen LogP contribution >= 0.6 is 0 Å². The van der Waals surface area contributed by atoms with Crippen molar-refractivity contribution in [2.75, 3.05) is 21.0 Å². The van der Waals surface area contributed by atoms with Crippen molar-refractivity contribution in [1.82, 2.24) is 0 Å². The van der Waals surface area contributed by atoms with Crippen LogP contribution in [0.15, 0.2) is 5.57 Å². The fraction of sp³-hybridized carbons (Fsp3) is 0.375. The molecule has 0 aromatic heterocycles. The van der Waals surface area contributed by atoms with Gasteiger partial charge in [-0.25, -0.2) is 0 Å². The number of fused-ring (bicyclic) bond motifs is 1. The Kier molecular flexibility index (Phi) is 4.96. The Hall–Kier alpha value is -2.88. The van der Waals surface area contributed by atoms with Crippen LogP contribution in [-0.2, 0) is 11.2 Å². The molecule has 122 valence electrons. The van der Waals surface area contributed by atoms with Crippen LogP contribution in [0.2, 0.25) is 0 Å². The number of hydrogen-bond donors (Lipinski definition) is 1. The molecule has 2 rings (SSSR count). The molecule has 7 heteroatoms. The topological polar surface area (TPSA) is 104 Å². The van der Waals surface area contributed by atoms with Crippen molar-refractivity contribution in [3.63, 3.8) is 0 Å². The quantitative estimate of drug-likeness (QED) is 0.633. The number of nitrogens with zero attached hydrogens (tertiary/aromatic N) is 1. The van der Waals surface area contributed by atoms with Gasteiger partial charge in [0, 0.05) is 11.1 Å². The monoisotopic (exact) mass is 318 g/mol. The van der Waals surface area contributed by atoms with Crippen LogP contribution in [0.1, 0.15) is 24.5 Å². The third-order valence-electron chi connectivity index (χ3n) is 3.45. The Balaban J connectivity index is 2.82. The molecular formula is C16H18N2O5. The molecule has 2 N–H and O–H groups in total. The van der Waals surface area contributed by atoms with Gasteiger partial charge < -0.3 is 24.7 Å². The van der Waals surface area contributed by atoms with Crippen LogP contribution in [0.25, 0.3) is 6.08 Å². The summed E-state index contributed by atoms with van der Waals surface area (Å²) in [5.41, 5.74) is 6.36. The number of primary amides is 1. The molecule has 23 heavy (non-hydrogen) atoms. The summed E-state index contributed by atoms with van der Waals surface area (Å²) in [4.78, 5) is 11.4. The van der Waals surface area contributed by atoms with E-state index in [0.717, 1.165) is 12.0 Å². The number of carbonyl (C=O) groups excluding carboxylic acids is 1. The highest BCUT2D eigenvalue weighted by atomic mass is 16.7. The predicted molar refractivity (Wildman–Crippen MR) is 82.4 cm³/mol.